The summed E-state index contributed by atoms with van der Waals surface area (Å²) in [6.07, 6.45) is 3.86. The van der Waals surface area contributed by atoms with Crippen molar-refractivity contribution in [3.63, 3.8) is 0 Å². The van der Waals surface area contributed by atoms with Crippen LogP contribution in [0.15, 0.2) is 23.2 Å². The number of benzene rings is 1. The monoisotopic (exact) mass is 207 g/mol. The summed E-state index contributed by atoms with van der Waals surface area (Å²) < 4.78 is 12.8. The summed E-state index contributed by atoms with van der Waals surface area (Å²) in [6.45, 7) is 0. The predicted molar refractivity (Wildman–Crippen MR) is 51.7 cm³/mol. The summed E-state index contributed by atoms with van der Waals surface area (Å²) in [4.78, 5) is 14.1. The molecule has 2 rings (SSSR count). The van der Waals surface area contributed by atoms with Gasteiger partial charge in [-0.1, -0.05) is 0 Å². The second-order valence-corrected chi connectivity index (χ2v) is 3.75. The van der Waals surface area contributed by atoms with Gasteiger partial charge in [-0.3, -0.25) is 0 Å². The van der Waals surface area contributed by atoms with Crippen molar-refractivity contribution >= 4 is 6.08 Å². The number of phenolic OH excluding ortho intramolecular Hbond substituents is 1. The Morgan fingerprint density at radius 2 is 2.20 bits per heavy atom. The number of aromatic hydroxyl groups is 1. The maximum Gasteiger partial charge on any atom is 0.235 e. The number of isocyanates is 1. The fraction of sp³-hybridized carbons (Fsp3) is 0.364. The first-order valence-corrected chi connectivity index (χ1v) is 4.76. The minimum Gasteiger partial charge on any atom is -0.507 e. The van der Waals surface area contributed by atoms with Gasteiger partial charge in [0.25, 0.3) is 0 Å². The van der Waals surface area contributed by atoms with Gasteiger partial charge in [0.1, 0.15) is 17.1 Å². The van der Waals surface area contributed by atoms with Crippen LogP contribution in [0.5, 0.6) is 5.75 Å². The standard InChI is InChI=1S/C11H10FNO2/c12-8-2-3-9(10(15)6-8)11(13-7-14)4-1-5-11/h2-3,6,15H,1,4-5H2. The van der Waals surface area contributed by atoms with Crippen LogP contribution in [0, 0.1) is 5.82 Å². The topological polar surface area (TPSA) is 49.7 Å². The van der Waals surface area contributed by atoms with Crippen LogP contribution < -0.4 is 0 Å². The molecule has 1 aliphatic carbocycles. The fourth-order valence-corrected chi connectivity index (χ4v) is 1.94. The van der Waals surface area contributed by atoms with Crippen LogP contribution in [0.1, 0.15) is 24.8 Å². The Bertz CT molecular complexity index is 434. The molecule has 3 nitrogen and oxygen atoms in total. The highest BCUT2D eigenvalue weighted by molar-refractivity contribution is 5.44. The molecule has 78 valence electrons. The lowest BCUT2D eigenvalue weighted by atomic mass is 9.72. The molecule has 1 aliphatic rings. The van der Waals surface area contributed by atoms with Crippen molar-refractivity contribution in [2.45, 2.75) is 24.8 Å². The summed E-state index contributed by atoms with van der Waals surface area (Å²) in [5.74, 6) is -0.644. The molecule has 0 bridgehead atoms. The van der Waals surface area contributed by atoms with E-state index >= 15 is 0 Å². The zero-order valence-electron chi connectivity index (χ0n) is 8.03. The summed E-state index contributed by atoms with van der Waals surface area (Å²) in [7, 11) is 0. The number of carbonyl (C=O) groups excluding carboxylic acids is 1. The fourth-order valence-electron chi connectivity index (χ4n) is 1.94. The van der Waals surface area contributed by atoms with Crippen molar-refractivity contribution in [1.29, 1.82) is 0 Å². The highest BCUT2D eigenvalue weighted by Gasteiger charge is 2.40. The van der Waals surface area contributed by atoms with E-state index in [0.29, 0.717) is 18.4 Å². The number of hydrogen-bond donors (Lipinski definition) is 1. The van der Waals surface area contributed by atoms with Gasteiger partial charge in [-0.05, 0) is 31.4 Å². The molecular formula is C11H10FNO2. The minimum absolute atomic E-state index is 0.145. The lowest BCUT2D eigenvalue weighted by Crippen LogP contribution is -2.31. The molecule has 0 unspecified atom stereocenters. The van der Waals surface area contributed by atoms with E-state index < -0.39 is 11.4 Å². The molecule has 1 aromatic rings. The maximum absolute atomic E-state index is 12.8. The molecule has 0 radical (unpaired) electrons. The third-order valence-electron chi connectivity index (χ3n) is 2.90. The van der Waals surface area contributed by atoms with Gasteiger partial charge < -0.3 is 5.11 Å². The van der Waals surface area contributed by atoms with E-state index in [1.807, 2.05) is 0 Å². The summed E-state index contributed by atoms with van der Waals surface area (Å²) in [6, 6.07) is 3.77. The van der Waals surface area contributed by atoms with E-state index in [0.717, 1.165) is 12.5 Å². The number of nitrogens with zero attached hydrogens (tertiary/aromatic N) is 1. The highest BCUT2D eigenvalue weighted by Crippen LogP contribution is 2.47. The van der Waals surface area contributed by atoms with Crippen molar-refractivity contribution in [3.05, 3.63) is 29.6 Å². The number of aliphatic imine (C=N–C) groups is 1. The molecule has 1 aromatic carbocycles. The smallest absolute Gasteiger partial charge is 0.235 e. The second kappa shape index (κ2) is 3.48. The van der Waals surface area contributed by atoms with Gasteiger partial charge in [0, 0.05) is 11.6 Å². The summed E-state index contributed by atoms with van der Waals surface area (Å²) in [5, 5.41) is 9.59. The quantitative estimate of drug-likeness (QED) is 0.597. The first kappa shape index (κ1) is 9.87. The van der Waals surface area contributed by atoms with Crippen LogP contribution in [0.3, 0.4) is 0 Å². The van der Waals surface area contributed by atoms with Crippen LogP contribution >= 0.6 is 0 Å². The van der Waals surface area contributed by atoms with Crippen molar-refractivity contribution in [2.24, 2.45) is 4.99 Å². The molecule has 0 saturated heterocycles. The normalized spacial score (nSPS) is 17.7. The van der Waals surface area contributed by atoms with Gasteiger partial charge in [-0.25, -0.2) is 9.18 Å². The molecule has 15 heavy (non-hydrogen) atoms. The second-order valence-electron chi connectivity index (χ2n) is 3.75. The Labute approximate surface area is 86.3 Å². The number of phenols is 1. The molecule has 0 heterocycles. The van der Waals surface area contributed by atoms with Crippen LogP contribution in [-0.4, -0.2) is 11.2 Å². The molecular weight excluding hydrogens is 197 g/mol. The van der Waals surface area contributed by atoms with Crippen molar-refractivity contribution in [3.8, 4) is 5.75 Å². The largest absolute Gasteiger partial charge is 0.507 e. The van der Waals surface area contributed by atoms with Crippen LogP contribution in [-0.2, 0) is 10.3 Å². The van der Waals surface area contributed by atoms with Gasteiger partial charge in [-0.15, -0.1) is 0 Å². The van der Waals surface area contributed by atoms with Crippen LogP contribution in [0.2, 0.25) is 0 Å². The molecule has 0 amide bonds. The molecule has 0 spiro atoms. The average Bonchev–Trinajstić information content (AvgIpc) is 2.12. The minimum atomic E-state index is -0.667. The first-order valence-electron chi connectivity index (χ1n) is 4.76. The zero-order chi connectivity index (χ0) is 10.9. The first-order chi connectivity index (χ1) is 7.18. The van der Waals surface area contributed by atoms with Crippen molar-refractivity contribution in [1.82, 2.24) is 0 Å². The Morgan fingerprint density at radius 1 is 1.47 bits per heavy atom. The lowest BCUT2D eigenvalue weighted by molar-refractivity contribution is 0.247. The maximum atomic E-state index is 12.8. The molecule has 1 saturated carbocycles. The van der Waals surface area contributed by atoms with E-state index in [2.05, 4.69) is 4.99 Å². The third kappa shape index (κ3) is 1.53. The number of halogens is 1. The molecule has 4 heteroatoms. The third-order valence-corrected chi connectivity index (χ3v) is 2.90. The van der Waals surface area contributed by atoms with E-state index in [9.17, 15) is 14.3 Å². The molecule has 0 atom stereocenters. The van der Waals surface area contributed by atoms with Crippen LogP contribution in [0.25, 0.3) is 0 Å². The lowest BCUT2D eigenvalue weighted by Gasteiger charge is -2.37. The zero-order valence-corrected chi connectivity index (χ0v) is 8.03. The van der Waals surface area contributed by atoms with E-state index in [1.54, 1.807) is 0 Å². The Hall–Kier alpha value is -1.67. The van der Waals surface area contributed by atoms with E-state index in [1.165, 1.54) is 18.2 Å². The number of rotatable bonds is 2. The van der Waals surface area contributed by atoms with E-state index in [-0.39, 0.29) is 5.75 Å². The number of hydrogen-bond acceptors (Lipinski definition) is 3. The van der Waals surface area contributed by atoms with Crippen molar-refractivity contribution < 1.29 is 14.3 Å². The molecule has 0 aromatic heterocycles. The van der Waals surface area contributed by atoms with Gasteiger partial charge in [0.15, 0.2) is 0 Å². The highest BCUT2D eigenvalue weighted by atomic mass is 19.1. The Balaban J connectivity index is 2.47. The van der Waals surface area contributed by atoms with Crippen LogP contribution in [0.4, 0.5) is 4.39 Å². The summed E-state index contributed by atoms with van der Waals surface area (Å²) in [5.41, 5.74) is -0.155. The Morgan fingerprint density at radius 3 is 2.67 bits per heavy atom. The van der Waals surface area contributed by atoms with Gasteiger partial charge >= 0.3 is 0 Å². The molecule has 1 fully saturated rings. The molecule has 1 N–H and O–H groups in total. The van der Waals surface area contributed by atoms with Gasteiger partial charge in [0.2, 0.25) is 6.08 Å². The molecule has 0 aliphatic heterocycles. The van der Waals surface area contributed by atoms with Gasteiger partial charge in [0.05, 0.1) is 0 Å². The van der Waals surface area contributed by atoms with Gasteiger partial charge in [-0.2, -0.15) is 4.99 Å². The van der Waals surface area contributed by atoms with Crippen molar-refractivity contribution in [2.75, 3.05) is 0 Å². The SMILES string of the molecule is O=C=NC1(c2ccc(F)cc2O)CCC1. The predicted octanol–water partition coefficient (Wildman–Crippen LogP) is 2.25. The summed E-state index contributed by atoms with van der Waals surface area (Å²) >= 11 is 0. The van der Waals surface area contributed by atoms with E-state index in [4.69, 9.17) is 0 Å². The average molecular weight is 207 g/mol. The Kier molecular flexibility index (Phi) is 2.29.